The van der Waals surface area contributed by atoms with Crippen molar-refractivity contribution in [1.29, 1.82) is 0 Å². The number of hydrogen-bond acceptors (Lipinski definition) is 6. The molecule has 1 aromatic carbocycles. The predicted octanol–water partition coefficient (Wildman–Crippen LogP) is 4.60. The second-order valence-corrected chi connectivity index (χ2v) is 10.7. The Morgan fingerprint density at radius 2 is 1.77 bits per heavy atom. The van der Waals surface area contributed by atoms with E-state index in [9.17, 15) is 14.0 Å². The Hall–Kier alpha value is -3.72. The van der Waals surface area contributed by atoms with Gasteiger partial charge in [0.2, 0.25) is 0 Å². The molecule has 0 N–H and O–H groups in total. The van der Waals surface area contributed by atoms with Crippen LogP contribution in [0.5, 0.6) is 0 Å². The van der Waals surface area contributed by atoms with E-state index in [1.54, 1.807) is 46.6 Å². The molecule has 2 aromatic heterocycles. The number of halogens is 1. The highest BCUT2D eigenvalue weighted by Crippen LogP contribution is 2.38. The molecule has 3 aromatic rings. The Bertz CT molecular complexity index is 1340. The first kappa shape index (κ1) is 26.9. The van der Waals surface area contributed by atoms with E-state index in [4.69, 9.17) is 0 Å². The van der Waals surface area contributed by atoms with Crippen molar-refractivity contribution in [2.75, 3.05) is 31.1 Å². The van der Waals surface area contributed by atoms with Crippen LogP contribution in [0.1, 0.15) is 76.8 Å². The fourth-order valence-electron chi connectivity index (χ4n) is 5.10. The fraction of sp³-hybridized carbons (Fsp3) is 0.433. The zero-order valence-corrected chi connectivity index (χ0v) is 22.8. The van der Waals surface area contributed by atoms with E-state index >= 15 is 0 Å². The topological polar surface area (TPSA) is 82.5 Å². The fourth-order valence-corrected chi connectivity index (χ4v) is 5.10. The quantitative estimate of drug-likeness (QED) is 0.490. The maximum Gasteiger partial charge on any atom is 0.258 e. The molecule has 5 rings (SSSR count). The van der Waals surface area contributed by atoms with Crippen molar-refractivity contribution in [2.45, 2.75) is 58.5 Å². The number of aromatic nitrogens is 3. The number of carbonyl (C=O) groups excluding carboxylic acids is 2. The molecule has 1 fully saturated rings. The number of carbonyl (C=O) groups is 2. The molecule has 9 heteroatoms. The van der Waals surface area contributed by atoms with Gasteiger partial charge in [-0.15, -0.1) is 0 Å². The molecule has 39 heavy (non-hydrogen) atoms. The van der Waals surface area contributed by atoms with Crippen molar-refractivity contribution in [2.24, 2.45) is 0 Å². The molecule has 0 spiro atoms. The van der Waals surface area contributed by atoms with Crippen LogP contribution in [-0.2, 0) is 6.54 Å². The first-order chi connectivity index (χ1) is 18.8. The second kappa shape index (κ2) is 11.6. The monoisotopic (exact) mass is 530 g/mol. The summed E-state index contributed by atoms with van der Waals surface area (Å²) in [5.74, 6) is 0.400. The summed E-state index contributed by atoms with van der Waals surface area (Å²) in [6.45, 7) is 8.59. The molecule has 3 heterocycles. The Morgan fingerprint density at radius 3 is 2.46 bits per heavy atom. The lowest BCUT2D eigenvalue weighted by Gasteiger charge is -2.30. The van der Waals surface area contributed by atoms with Crippen LogP contribution in [-0.4, -0.2) is 68.8 Å². The van der Waals surface area contributed by atoms with Gasteiger partial charge in [0.15, 0.2) is 0 Å². The van der Waals surface area contributed by atoms with Gasteiger partial charge in [-0.3, -0.25) is 19.5 Å². The molecule has 0 bridgehead atoms. The molecule has 8 nitrogen and oxygen atoms in total. The number of hydrogen-bond donors (Lipinski definition) is 0. The molecule has 1 saturated carbocycles. The Morgan fingerprint density at radius 1 is 1.00 bits per heavy atom. The summed E-state index contributed by atoms with van der Waals surface area (Å²) < 4.78 is 14.6. The molecule has 1 aliphatic carbocycles. The SMILES string of the molecule is Cc1nc(C2CC2)ncc1C(=O)N1CCN(C(C)C)CCCN(C(=O)c2ccncc2)c2ccc(F)cc2C1. The van der Waals surface area contributed by atoms with Crippen LogP contribution in [0, 0.1) is 12.7 Å². The molecule has 0 atom stereocenters. The number of fused-ring (bicyclic) bond motifs is 1. The molecular formula is C30H35FN6O2. The maximum absolute atomic E-state index is 14.6. The second-order valence-electron chi connectivity index (χ2n) is 10.7. The van der Waals surface area contributed by atoms with E-state index in [1.165, 1.54) is 12.1 Å². The van der Waals surface area contributed by atoms with E-state index in [1.807, 2.05) is 6.92 Å². The summed E-state index contributed by atoms with van der Waals surface area (Å²) in [5.41, 5.74) is 2.80. The van der Waals surface area contributed by atoms with Crippen LogP contribution in [0.3, 0.4) is 0 Å². The lowest BCUT2D eigenvalue weighted by Crippen LogP contribution is -2.41. The summed E-state index contributed by atoms with van der Waals surface area (Å²) in [7, 11) is 0. The van der Waals surface area contributed by atoms with Crippen LogP contribution in [0.2, 0.25) is 0 Å². The zero-order valence-electron chi connectivity index (χ0n) is 22.8. The number of benzene rings is 1. The van der Waals surface area contributed by atoms with Crippen LogP contribution in [0.25, 0.3) is 0 Å². The maximum atomic E-state index is 14.6. The van der Waals surface area contributed by atoms with Crippen molar-refractivity contribution >= 4 is 17.5 Å². The lowest BCUT2D eigenvalue weighted by atomic mass is 10.1. The van der Waals surface area contributed by atoms with Gasteiger partial charge >= 0.3 is 0 Å². The van der Waals surface area contributed by atoms with Gasteiger partial charge < -0.3 is 9.80 Å². The number of amides is 2. The van der Waals surface area contributed by atoms with Gasteiger partial charge in [-0.1, -0.05) is 0 Å². The van der Waals surface area contributed by atoms with Gasteiger partial charge in [-0.25, -0.2) is 14.4 Å². The normalized spacial score (nSPS) is 17.1. The van der Waals surface area contributed by atoms with Crippen LogP contribution < -0.4 is 4.90 Å². The number of aryl methyl sites for hydroxylation is 1. The minimum Gasteiger partial charge on any atom is -0.333 e. The minimum absolute atomic E-state index is 0.155. The first-order valence-electron chi connectivity index (χ1n) is 13.7. The van der Waals surface area contributed by atoms with Crippen LogP contribution in [0.4, 0.5) is 10.1 Å². The molecule has 1 aliphatic heterocycles. The average Bonchev–Trinajstić information content (AvgIpc) is 3.77. The highest BCUT2D eigenvalue weighted by atomic mass is 19.1. The van der Waals surface area contributed by atoms with Gasteiger partial charge in [0.05, 0.1) is 11.3 Å². The van der Waals surface area contributed by atoms with E-state index in [-0.39, 0.29) is 24.4 Å². The van der Waals surface area contributed by atoms with E-state index < -0.39 is 5.82 Å². The standard InChI is InChI=1S/C30H35FN6O2/c1-20(2)35-13-4-14-37(29(38)23-9-11-32-12-10-23)27-8-7-25(31)17-24(27)19-36(16-15-35)30(39)26-18-33-28(22-5-6-22)34-21(26)3/h7-12,17-18,20,22H,4-6,13-16,19H2,1-3H3. The Labute approximate surface area is 228 Å². The summed E-state index contributed by atoms with van der Waals surface area (Å²) in [6.07, 6.45) is 7.71. The average molecular weight is 531 g/mol. The van der Waals surface area contributed by atoms with Crippen molar-refractivity contribution in [3.8, 4) is 0 Å². The van der Waals surface area contributed by atoms with Crippen molar-refractivity contribution in [3.63, 3.8) is 0 Å². The molecule has 2 amide bonds. The van der Waals surface area contributed by atoms with Crippen LogP contribution in [0.15, 0.2) is 48.9 Å². The summed E-state index contributed by atoms with van der Waals surface area (Å²) in [4.78, 5) is 46.5. The molecular weight excluding hydrogens is 495 g/mol. The van der Waals surface area contributed by atoms with Gasteiger partial charge in [0, 0.05) is 74.5 Å². The van der Waals surface area contributed by atoms with Crippen LogP contribution >= 0.6 is 0 Å². The third kappa shape index (κ3) is 6.14. The van der Waals surface area contributed by atoms with Crippen molar-refractivity contribution in [1.82, 2.24) is 24.8 Å². The van der Waals surface area contributed by atoms with Gasteiger partial charge in [0.25, 0.3) is 11.8 Å². The van der Waals surface area contributed by atoms with Gasteiger partial charge in [0.1, 0.15) is 11.6 Å². The molecule has 2 aliphatic rings. The Balaban J connectivity index is 1.53. The molecule has 204 valence electrons. The van der Waals surface area contributed by atoms with Gasteiger partial charge in [-0.05, 0) is 75.9 Å². The highest BCUT2D eigenvalue weighted by molar-refractivity contribution is 6.06. The van der Waals surface area contributed by atoms with E-state index in [0.717, 1.165) is 31.6 Å². The number of anilines is 1. The first-order valence-corrected chi connectivity index (χ1v) is 13.7. The molecule has 0 unspecified atom stereocenters. The minimum atomic E-state index is -0.413. The summed E-state index contributed by atoms with van der Waals surface area (Å²) in [6, 6.07) is 8.06. The molecule has 0 radical (unpaired) electrons. The largest absolute Gasteiger partial charge is 0.333 e. The zero-order chi connectivity index (χ0) is 27.5. The smallest absolute Gasteiger partial charge is 0.258 e. The number of nitrogens with zero attached hydrogens (tertiary/aromatic N) is 6. The third-order valence-corrected chi connectivity index (χ3v) is 7.54. The molecule has 0 saturated heterocycles. The summed E-state index contributed by atoms with van der Waals surface area (Å²) in [5, 5.41) is 0. The van der Waals surface area contributed by atoms with Crippen molar-refractivity contribution < 1.29 is 14.0 Å². The third-order valence-electron chi connectivity index (χ3n) is 7.54. The number of rotatable bonds is 4. The number of pyridine rings is 1. The van der Waals surface area contributed by atoms with Crippen molar-refractivity contribution in [3.05, 3.63) is 82.9 Å². The van der Waals surface area contributed by atoms with E-state index in [0.29, 0.717) is 53.6 Å². The van der Waals surface area contributed by atoms with Gasteiger partial charge in [-0.2, -0.15) is 0 Å². The van der Waals surface area contributed by atoms with E-state index in [2.05, 4.69) is 33.7 Å². The Kier molecular flexibility index (Phi) is 7.97. The predicted molar refractivity (Wildman–Crippen MR) is 147 cm³/mol. The lowest BCUT2D eigenvalue weighted by molar-refractivity contribution is 0.0709. The summed E-state index contributed by atoms with van der Waals surface area (Å²) >= 11 is 0. The highest BCUT2D eigenvalue weighted by Gasteiger charge is 2.29.